The standard InChI is InChI=1S/C33H40N2O8S2/c1-3-4-21-35-28-18-17-26-27(22-25(45(39,40)41)23-29(26)44-43-42-38)32(28)33(2,19-11-6-9-16-31(36)37)30(35)15-10-12-20-34-24-13-7-5-8-14-24/h5,7-8,10,13-15,17-18,20,22-23,30,38H,3-4,6,9,11-12,16,19,21H2,1-2H3,(H,36,37)(H,39,40,41). The van der Waals surface area contributed by atoms with Gasteiger partial charge in [0.15, 0.2) is 0 Å². The van der Waals surface area contributed by atoms with E-state index in [0.29, 0.717) is 47.0 Å². The van der Waals surface area contributed by atoms with Crippen LogP contribution in [0.15, 0.2) is 81.5 Å². The average molecular weight is 657 g/mol. The summed E-state index contributed by atoms with van der Waals surface area (Å²) in [5.74, 6) is -0.820. The molecule has 2 unspecified atom stereocenters. The predicted molar refractivity (Wildman–Crippen MR) is 177 cm³/mol. The van der Waals surface area contributed by atoms with Crippen LogP contribution in [-0.4, -0.2) is 48.1 Å². The van der Waals surface area contributed by atoms with E-state index >= 15 is 0 Å². The lowest BCUT2D eigenvalue weighted by Crippen LogP contribution is -2.42. The third-order valence-electron chi connectivity index (χ3n) is 8.27. The van der Waals surface area contributed by atoms with Gasteiger partial charge in [0.05, 0.1) is 28.7 Å². The highest BCUT2D eigenvalue weighted by atomic mass is 32.2. The fourth-order valence-electron chi connectivity index (χ4n) is 6.18. The van der Waals surface area contributed by atoms with Crippen molar-refractivity contribution in [3.63, 3.8) is 0 Å². The number of anilines is 1. The van der Waals surface area contributed by atoms with Gasteiger partial charge < -0.3 is 10.0 Å². The molecule has 0 saturated carbocycles. The van der Waals surface area contributed by atoms with Crippen LogP contribution >= 0.6 is 12.0 Å². The van der Waals surface area contributed by atoms with Crippen LogP contribution in [0.25, 0.3) is 10.8 Å². The molecule has 0 aromatic heterocycles. The number of carbonyl (C=O) groups is 1. The summed E-state index contributed by atoms with van der Waals surface area (Å²) in [7, 11) is -4.58. The number of fused-ring (bicyclic) bond motifs is 3. The second-order valence-corrected chi connectivity index (χ2v) is 13.5. The van der Waals surface area contributed by atoms with Crippen molar-refractivity contribution in [1.82, 2.24) is 0 Å². The molecule has 3 aromatic carbocycles. The number of allylic oxidation sites excluding steroid dienone is 1. The lowest BCUT2D eigenvalue weighted by molar-refractivity contribution is -0.432. The number of carboxylic acid groups (broad SMARTS) is 1. The molecular weight excluding hydrogens is 617 g/mol. The lowest BCUT2D eigenvalue weighted by atomic mass is 9.72. The zero-order valence-electron chi connectivity index (χ0n) is 25.5. The summed E-state index contributed by atoms with van der Waals surface area (Å²) in [6.45, 7) is 5.08. The zero-order chi connectivity index (χ0) is 32.5. The normalized spacial score (nSPS) is 18.4. The van der Waals surface area contributed by atoms with Crippen LogP contribution in [0.4, 0.5) is 11.4 Å². The first kappa shape index (κ1) is 34.6. The molecule has 10 nitrogen and oxygen atoms in total. The summed E-state index contributed by atoms with van der Waals surface area (Å²) >= 11 is 0.640. The molecule has 242 valence electrons. The Morgan fingerprint density at radius 3 is 2.56 bits per heavy atom. The lowest BCUT2D eigenvalue weighted by Gasteiger charge is -2.36. The number of rotatable bonds is 17. The topological polar surface area (TPSA) is 146 Å². The molecule has 4 rings (SSSR count). The number of para-hydroxylation sites is 1. The third kappa shape index (κ3) is 8.51. The second kappa shape index (κ2) is 15.8. The van der Waals surface area contributed by atoms with Gasteiger partial charge in [-0.2, -0.15) is 8.42 Å². The SMILES string of the molecule is CCCCN1c2ccc3c(SOOO)cc(S(=O)(=O)O)cc3c2C(C)(CCCCCC(=O)O)C1C=CCC=Nc1ccccc1. The first-order valence-electron chi connectivity index (χ1n) is 15.1. The summed E-state index contributed by atoms with van der Waals surface area (Å²) in [6.07, 6.45) is 11.6. The van der Waals surface area contributed by atoms with Crippen molar-refractivity contribution in [2.75, 3.05) is 11.4 Å². The molecule has 1 aliphatic rings. The Balaban J connectivity index is 1.83. The van der Waals surface area contributed by atoms with E-state index in [0.717, 1.165) is 49.2 Å². The molecule has 1 aliphatic heterocycles. The Labute approximate surface area is 268 Å². The van der Waals surface area contributed by atoms with Crippen LogP contribution < -0.4 is 4.90 Å². The number of nitrogens with zero attached hydrogens (tertiary/aromatic N) is 2. The van der Waals surface area contributed by atoms with Crippen molar-refractivity contribution in [3.05, 3.63) is 72.3 Å². The largest absolute Gasteiger partial charge is 0.481 e. The van der Waals surface area contributed by atoms with E-state index in [2.05, 4.69) is 40.9 Å². The Bertz CT molecular complexity index is 1630. The van der Waals surface area contributed by atoms with E-state index < -0.39 is 21.5 Å². The van der Waals surface area contributed by atoms with Crippen molar-refractivity contribution in [2.24, 2.45) is 4.99 Å². The van der Waals surface area contributed by atoms with Gasteiger partial charge in [-0.3, -0.25) is 14.3 Å². The Morgan fingerprint density at radius 1 is 1.09 bits per heavy atom. The molecule has 3 aromatic rings. The molecule has 0 amide bonds. The van der Waals surface area contributed by atoms with Crippen LogP contribution in [0.3, 0.4) is 0 Å². The van der Waals surface area contributed by atoms with E-state index in [4.69, 9.17) is 14.7 Å². The minimum atomic E-state index is -4.58. The van der Waals surface area contributed by atoms with Gasteiger partial charge in [0.25, 0.3) is 10.1 Å². The van der Waals surface area contributed by atoms with Crippen molar-refractivity contribution < 1.29 is 37.5 Å². The molecule has 3 N–H and O–H groups in total. The first-order chi connectivity index (χ1) is 21.6. The maximum atomic E-state index is 12.4. The molecule has 0 saturated heterocycles. The highest BCUT2D eigenvalue weighted by Crippen LogP contribution is 2.53. The van der Waals surface area contributed by atoms with Gasteiger partial charge in [-0.15, -0.1) is 4.33 Å². The maximum Gasteiger partial charge on any atom is 0.303 e. The van der Waals surface area contributed by atoms with Gasteiger partial charge in [-0.1, -0.05) is 74.6 Å². The first-order valence-corrected chi connectivity index (χ1v) is 17.2. The molecule has 45 heavy (non-hydrogen) atoms. The number of benzene rings is 3. The molecular formula is C33H40N2O8S2. The smallest absolute Gasteiger partial charge is 0.303 e. The second-order valence-electron chi connectivity index (χ2n) is 11.4. The zero-order valence-corrected chi connectivity index (χ0v) is 27.1. The summed E-state index contributed by atoms with van der Waals surface area (Å²) < 4.78 is 39.5. The molecule has 0 spiro atoms. The van der Waals surface area contributed by atoms with Gasteiger partial charge in [0, 0.05) is 41.6 Å². The molecule has 0 aliphatic carbocycles. The average Bonchev–Trinajstić information content (AvgIpc) is 3.25. The van der Waals surface area contributed by atoms with Gasteiger partial charge >= 0.3 is 5.97 Å². The minimum Gasteiger partial charge on any atom is -0.481 e. The summed E-state index contributed by atoms with van der Waals surface area (Å²) in [5.41, 5.74) is 2.28. The van der Waals surface area contributed by atoms with Crippen LogP contribution in [0, 0.1) is 0 Å². The molecule has 0 bridgehead atoms. The highest BCUT2D eigenvalue weighted by Gasteiger charge is 2.47. The van der Waals surface area contributed by atoms with E-state index in [-0.39, 0.29) is 17.4 Å². The number of unbranched alkanes of at least 4 members (excludes halogenated alkanes) is 3. The van der Waals surface area contributed by atoms with Gasteiger partial charge in [0.1, 0.15) is 0 Å². The number of hydrogen-bond acceptors (Lipinski definition) is 9. The monoisotopic (exact) mass is 656 g/mol. The maximum absolute atomic E-state index is 12.4. The van der Waals surface area contributed by atoms with E-state index in [9.17, 15) is 17.8 Å². The Kier molecular flexibility index (Phi) is 12.2. The van der Waals surface area contributed by atoms with Crippen molar-refractivity contribution >= 4 is 56.5 Å². The summed E-state index contributed by atoms with van der Waals surface area (Å²) in [4.78, 5) is 18.1. The van der Waals surface area contributed by atoms with Crippen molar-refractivity contribution in [1.29, 1.82) is 0 Å². The van der Waals surface area contributed by atoms with E-state index in [1.807, 2.05) is 48.7 Å². The van der Waals surface area contributed by atoms with Crippen molar-refractivity contribution in [3.8, 4) is 0 Å². The van der Waals surface area contributed by atoms with Crippen molar-refractivity contribution in [2.45, 2.75) is 86.5 Å². The van der Waals surface area contributed by atoms with Crippen LogP contribution in [0.5, 0.6) is 0 Å². The fraction of sp³-hybridized carbons (Fsp3) is 0.394. The van der Waals surface area contributed by atoms with Crippen LogP contribution in [-0.2, 0) is 29.7 Å². The molecule has 0 radical (unpaired) electrons. The molecule has 2 atom stereocenters. The molecule has 12 heteroatoms. The number of aliphatic imine (C=N–C) groups is 1. The van der Waals surface area contributed by atoms with Gasteiger partial charge in [0.2, 0.25) is 0 Å². The summed E-state index contributed by atoms with van der Waals surface area (Å²) in [5, 5.41) is 23.1. The quantitative estimate of drug-likeness (QED) is 0.0247. The van der Waals surface area contributed by atoms with E-state index in [1.54, 1.807) is 0 Å². The van der Waals surface area contributed by atoms with Gasteiger partial charge in [-0.25, -0.2) is 5.26 Å². The van der Waals surface area contributed by atoms with Crippen LogP contribution in [0.1, 0.15) is 70.8 Å². The van der Waals surface area contributed by atoms with Gasteiger partial charge in [-0.05, 0) is 65.9 Å². The van der Waals surface area contributed by atoms with Crippen LogP contribution in [0.2, 0.25) is 0 Å². The highest BCUT2D eigenvalue weighted by molar-refractivity contribution is 7.94. The molecule has 0 fully saturated rings. The Morgan fingerprint density at radius 2 is 1.87 bits per heavy atom. The summed E-state index contributed by atoms with van der Waals surface area (Å²) in [6, 6.07) is 16.3. The fourth-order valence-corrected chi connectivity index (χ4v) is 7.33. The van der Waals surface area contributed by atoms with E-state index in [1.165, 1.54) is 12.1 Å². The number of hydrogen-bond donors (Lipinski definition) is 3. The molecule has 1 heterocycles. The minimum absolute atomic E-state index is 0.0863. The third-order valence-corrected chi connectivity index (χ3v) is 9.74. The number of aliphatic carboxylic acids is 1. The number of carboxylic acids is 1. The Hall–Kier alpha value is -3.26. The predicted octanol–water partition coefficient (Wildman–Crippen LogP) is 8.15.